The van der Waals surface area contributed by atoms with E-state index in [-0.39, 0.29) is 0 Å². The maximum atomic E-state index is 4.44. The minimum atomic E-state index is 0.348. The van der Waals surface area contributed by atoms with Crippen molar-refractivity contribution in [2.75, 3.05) is 18.1 Å². The molecule has 21 heavy (non-hydrogen) atoms. The molecule has 5 nitrogen and oxygen atoms in total. The number of thioether (sulfide) groups is 1. The van der Waals surface area contributed by atoms with Crippen molar-refractivity contribution >= 4 is 40.7 Å². The monoisotopic (exact) mass is 341 g/mol. The maximum absolute atomic E-state index is 4.44. The molecule has 0 unspecified atom stereocenters. The summed E-state index contributed by atoms with van der Waals surface area (Å²) in [4.78, 5) is 8.83. The molecule has 0 fully saturated rings. The normalized spacial score (nSPS) is 11.1. The molecule has 0 aromatic carbocycles. The molecule has 8 heteroatoms. The van der Waals surface area contributed by atoms with Gasteiger partial charge in [0.1, 0.15) is 17.2 Å². The first-order valence-electron chi connectivity index (χ1n) is 6.79. The van der Waals surface area contributed by atoms with Gasteiger partial charge in [-0.15, -0.1) is 10.2 Å². The van der Waals surface area contributed by atoms with Gasteiger partial charge in [-0.3, -0.25) is 0 Å². The van der Waals surface area contributed by atoms with E-state index in [2.05, 4.69) is 46.3 Å². The zero-order valence-electron chi connectivity index (χ0n) is 12.6. The molecule has 2 aromatic heterocycles. The van der Waals surface area contributed by atoms with Crippen LogP contribution in [0.4, 0.5) is 5.82 Å². The fourth-order valence-electron chi connectivity index (χ4n) is 1.77. The summed E-state index contributed by atoms with van der Waals surface area (Å²) in [6, 6.07) is 0. The molecular weight excluding hydrogens is 322 g/mol. The summed E-state index contributed by atoms with van der Waals surface area (Å²) in [5, 5.41) is 12.7. The van der Waals surface area contributed by atoms with E-state index in [1.807, 2.05) is 6.26 Å². The first-order chi connectivity index (χ1) is 10.2. The van der Waals surface area contributed by atoms with Crippen molar-refractivity contribution in [2.45, 2.75) is 46.8 Å². The molecule has 0 saturated carbocycles. The zero-order valence-corrected chi connectivity index (χ0v) is 15.0. The second-order valence-electron chi connectivity index (χ2n) is 4.66. The van der Waals surface area contributed by atoms with Gasteiger partial charge in [0.25, 0.3) is 0 Å². The Kier molecular flexibility index (Phi) is 6.25. The van der Waals surface area contributed by atoms with Gasteiger partial charge >= 0.3 is 0 Å². The van der Waals surface area contributed by atoms with Gasteiger partial charge in [0, 0.05) is 12.1 Å². The van der Waals surface area contributed by atoms with Crippen molar-refractivity contribution in [3.63, 3.8) is 0 Å². The second-order valence-corrected chi connectivity index (χ2v) is 7.93. The van der Waals surface area contributed by atoms with Crippen molar-refractivity contribution in [3.05, 3.63) is 11.9 Å². The molecule has 0 aliphatic rings. The van der Waals surface area contributed by atoms with E-state index >= 15 is 0 Å². The zero-order chi connectivity index (χ0) is 15.2. The van der Waals surface area contributed by atoms with E-state index in [1.54, 1.807) is 41.2 Å². The Hall–Kier alpha value is -0.860. The van der Waals surface area contributed by atoms with E-state index in [0.717, 1.165) is 38.1 Å². The SMILES string of the molecule is CCCNc1ncnc(Sc2nnc(SC)s2)c1C(C)C. The Morgan fingerprint density at radius 3 is 2.62 bits per heavy atom. The van der Waals surface area contributed by atoms with Gasteiger partial charge < -0.3 is 5.32 Å². The molecule has 0 aliphatic carbocycles. The highest BCUT2D eigenvalue weighted by molar-refractivity contribution is 8.03. The van der Waals surface area contributed by atoms with E-state index < -0.39 is 0 Å². The molecule has 0 spiro atoms. The highest BCUT2D eigenvalue weighted by atomic mass is 32.2. The van der Waals surface area contributed by atoms with Gasteiger partial charge in [0.2, 0.25) is 0 Å². The Labute approximate surface area is 137 Å². The molecule has 0 amide bonds. The number of nitrogens with zero attached hydrogens (tertiary/aromatic N) is 4. The summed E-state index contributed by atoms with van der Waals surface area (Å²) in [7, 11) is 0. The van der Waals surface area contributed by atoms with Crippen LogP contribution in [0.2, 0.25) is 0 Å². The first kappa shape index (κ1) is 16.5. The predicted octanol–water partition coefficient (Wildman–Crippen LogP) is 4.15. The predicted molar refractivity (Wildman–Crippen MR) is 90.7 cm³/mol. The number of anilines is 1. The van der Waals surface area contributed by atoms with Crippen LogP contribution in [0, 0.1) is 0 Å². The van der Waals surface area contributed by atoms with Gasteiger partial charge in [0.15, 0.2) is 8.68 Å². The molecule has 1 N–H and O–H groups in total. The first-order valence-corrected chi connectivity index (χ1v) is 9.65. The summed E-state index contributed by atoms with van der Waals surface area (Å²) in [6.07, 6.45) is 4.69. The lowest BCUT2D eigenvalue weighted by atomic mass is 10.1. The largest absolute Gasteiger partial charge is 0.370 e. The van der Waals surface area contributed by atoms with Crippen LogP contribution in [-0.4, -0.2) is 33.0 Å². The van der Waals surface area contributed by atoms with Crippen LogP contribution in [0.1, 0.15) is 38.7 Å². The van der Waals surface area contributed by atoms with Crippen molar-refractivity contribution < 1.29 is 0 Å². The van der Waals surface area contributed by atoms with Crippen LogP contribution >= 0.6 is 34.9 Å². The molecule has 0 radical (unpaired) electrons. The lowest BCUT2D eigenvalue weighted by molar-refractivity contribution is 0.799. The van der Waals surface area contributed by atoms with Crippen molar-refractivity contribution in [1.82, 2.24) is 20.2 Å². The minimum absolute atomic E-state index is 0.348. The van der Waals surface area contributed by atoms with Crippen LogP contribution < -0.4 is 5.32 Å². The third-order valence-corrected chi connectivity index (χ3v) is 5.68. The summed E-state index contributed by atoms with van der Waals surface area (Å²) >= 11 is 4.77. The molecule has 2 rings (SSSR count). The van der Waals surface area contributed by atoms with Crippen molar-refractivity contribution in [3.8, 4) is 0 Å². The summed E-state index contributed by atoms with van der Waals surface area (Å²) in [5.74, 6) is 1.28. The Bertz CT molecular complexity index is 585. The lowest BCUT2D eigenvalue weighted by Gasteiger charge is -2.15. The van der Waals surface area contributed by atoms with Crippen LogP contribution in [0.15, 0.2) is 20.0 Å². The third kappa shape index (κ3) is 4.31. The molecule has 2 heterocycles. The topological polar surface area (TPSA) is 63.6 Å². The van der Waals surface area contributed by atoms with E-state index in [4.69, 9.17) is 0 Å². The number of aromatic nitrogens is 4. The average Bonchev–Trinajstić information content (AvgIpc) is 2.92. The molecule has 0 saturated heterocycles. The van der Waals surface area contributed by atoms with Crippen LogP contribution in [0.5, 0.6) is 0 Å². The van der Waals surface area contributed by atoms with Crippen LogP contribution in [0.3, 0.4) is 0 Å². The van der Waals surface area contributed by atoms with E-state index in [0.29, 0.717) is 5.92 Å². The molecule has 0 atom stereocenters. The third-order valence-electron chi connectivity index (χ3n) is 2.71. The fraction of sp³-hybridized carbons (Fsp3) is 0.538. The second kappa shape index (κ2) is 7.95. The lowest BCUT2D eigenvalue weighted by Crippen LogP contribution is -2.08. The quantitative estimate of drug-likeness (QED) is 0.599. The highest BCUT2D eigenvalue weighted by Gasteiger charge is 2.17. The number of hydrogen-bond acceptors (Lipinski definition) is 8. The summed E-state index contributed by atoms with van der Waals surface area (Å²) in [6.45, 7) is 7.38. The van der Waals surface area contributed by atoms with Crippen molar-refractivity contribution in [1.29, 1.82) is 0 Å². The molecule has 2 aromatic rings. The number of hydrogen-bond donors (Lipinski definition) is 1. The van der Waals surface area contributed by atoms with Crippen LogP contribution in [-0.2, 0) is 0 Å². The Morgan fingerprint density at radius 1 is 1.24 bits per heavy atom. The fourth-order valence-corrected chi connectivity index (χ4v) is 4.36. The molecular formula is C13H19N5S3. The summed E-state index contributed by atoms with van der Waals surface area (Å²) < 4.78 is 1.89. The number of rotatable bonds is 7. The van der Waals surface area contributed by atoms with E-state index in [1.165, 1.54) is 0 Å². The van der Waals surface area contributed by atoms with Crippen molar-refractivity contribution in [2.24, 2.45) is 0 Å². The van der Waals surface area contributed by atoms with Gasteiger partial charge in [-0.1, -0.05) is 43.9 Å². The minimum Gasteiger partial charge on any atom is -0.370 e. The Morgan fingerprint density at radius 2 is 2.00 bits per heavy atom. The van der Waals surface area contributed by atoms with Crippen LogP contribution in [0.25, 0.3) is 0 Å². The molecule has 0 bridgehead atoms. The standard InChI is InChI=1S/C13H19N5S3/c1-5-6-14-10-9(8(2)3)11(16-7-15-10)20-13-18-17-12(19-4)21-13/h7-8H,5-6H2,1-4H3,(H,14,15,16). The molecule has 114 valence electrons. The van der Waals surface area contributed by atoms with Gasteiger partial charge in [-0.25, -0.2) is 9.97 Å². The average molecular weight is 342 g/mol. The maximum Gasteiger partial charge on any atom is 0.181 e. The summed E-state index contributed by atoms with van der Waals surface area (Å²) in [5.41, 5.74) is 1.15. The Balaban J connectivity index is 2.28. The van der Waals surface area contributed by atoms with Gasteiger partial charge in [-0.2, -0.15) is 0 Å². The van der Waals surface area contributed by atoms with Gasteiger partial charge in [-0.05, 0) is 30.4 Å². The van der Waals surface area contributed by atoms with E-state index in [9.17, 15) is 0 Å². The smallest absolute Gasteiger partial charge is 0.181 e. The van der Waals surface area contributed by atoms with Gasteiger partial charge in [0.05, 0.1) is 0 Å². The molecule has 0 aliphatic heterocycles. The number of nitrogens with one attached hydrogen (secondary N) is 1. The highest BCUT2D eigenvalue weighted by Crippen LogP contribution is 2.37.